The van der Waals surface area contributed by atoms with Gasteiger partial charge in [-0.2, -0.15) is 4.98 Å². The summed E-state index contributed by atoms with van der Waals surface area (Å²) in [6, 6.07) is 17.1. The van der Waals surface area contributed by atoms with Crippen molar-refractivity contribution in [3.8, 4) is 0 Å². The predicted molar refractivity (Wildman–Crippen MR) is 138 cm³/mol. The second-order valence-electron chi connectivity index (χ2n) is 10.1. The van der Waals surface area contributed by atoms with Gasteiger partial charge in [-0.15, -0.1) is 0 Å². The number of aromatic nitrogens is 2. The van der Waals surface area contributed by atoms with E-state index in [0.717, 1.165) is 46.7 Å². The first-order valence-electron chi connectivity index (χ1n) is 12.2. The van der Waals surface area contributed by atoms with Crippen LogP contribution in [0.3, 0.4) is 0 Å². The highest BCUT2D eigenvalue weighted by Crippen LogP contribution is 2.47. The number of hydrogen-bond donors (Lipinski definition) is 2. The van der Waals surface area contributed by atoms with Gasteiger partial charge >= 0.3 is 0 Å². The fraction of sp³-hybridized carbons (Fsp3) is 0.481. The Hall–Kier alpha value is -2.37. The number of para-hydroxylation sites is 1. The number of nitrogens with one attached hydrogen (secondary N) is 2. The van der Waals surface area contributed by atoms with E-state index in [0.29, 0.717) is 11.5 Å². The number of nitrogens with zero attached hydrogens (tertiary/aromatic N) is 3. The van der Waals surface area contributed by atoms with Gasteiger partial charge in [0.1, 0.15) is 5.82 Å². The number of hydrogen-bond acceptors (Lipinski definition) is 5. The van der Waals surface area contributed by atoms with Crippen LogP contribution in [0, 0.1) is 5.92 Å². The summed E-state index contributed by atoms with van der Waals surface area (Å²) in [5.41, 5.74) is 2.76. The zero-order chi connectivity index (χ0) is 22.8. The molecule has 2 N–H and O–H groups in total. The summed E-state index contributed by atoms with van der Waals surface area (Å²) in [6.07, 6.45) is 7.38. The second-order valence-corrected chi connectivity index (χ2v) is 10.5. The van der Waals surface area contributed by atoms with Crippen LogP contribution in [-0.2, 0) is 5.41 Å². The standard InChI is InChI=1S/C27H34ClN5/c1-33(2)25-23-5-3-4-6-24(23)31-26(32-25)30-22-13-7-19(8-14-22)17-29-18-27(15-16-27)20-9-11-21(28)12-10-20/h3-6,9-12,19,22,29H,7-8,13-18H2,1-2H3,(H,30,31,32). The Labute approximate surface area is 202 Å². The van der Waals surface area contributed by atoms with Crippen LogP contribution < -0.4 is 15.5 Å². The molecule has 33 heavy (non-hydrogen) atoms. The monoisotopic (exact) mass is 463 g/mol. The molecule has 0 saturated heterocycles. The molecule has 3 aromatic rings. The summed E-state index contributed by atoms with van der Waals surface area (Å²) >= 11 is 6.07. The largest absolute Gasteiger partial charge is 0.362 e. The Morgan fingerprint density at radius 3 is 2.39 bits per heavy atom. The van der Waals surface area contributed by atoms with E-state index in [9.17, 15) is 0 Å². The lowest BCUT2D eigenvalue weighted by atomic mass is 9.86. The lowest BCUT2D eigenvalue weighted by molar-refractivity contribution is 0.321. The van der Waals surface area contributed by atoms with Crippen molar-refractivity contribution in [2.24, 2.45) is 5.92 Å². The molecule has 2 saturated carbocycles. The third-order valence-electron chi connectivity index (χ3n) is 7.39. The highest BCUT2D eigenvalue weighted by molar-refractivity contribution is 6.30. The number of fused-ring (bicyclic) bond motifs is 1. The normalized spacial score (nSPS) is 21.7. The maximum Gasteiger partial charge on any atom is 0.225 e. The van der Waals surface area contributed by atoms with E-state index in [1.54, 1.807) is 0 Å². The van der Waals surface area contributed by atoms with Gasteiger partial charge in [-0.25, -0.2) is 4.98 Å². The second kappa shape index (κ2) is 9.47. The third kappa shape index (κ3) is 5.10. The molecule has 0 atom stereocenters. The Balaban J connectivity index is 1.12. The van der Waals surface area contributed by atoms with Crippen LogP contribution in [0.5, 0.6) is 0 Å². The number of benzene rings is 2. The van der Waals surface area contributed by atoms with Crippen LogP contribution in [0.25, 0.3) is 10.9 Å². The molecule has 0 radical (unpaired) electrons. The lowest BCUT2D eigenvalue weighted by Crippen LogP contribution is -2.35. The quantitative estimate of drug-likeness (QED) is 0.452. The summed E-state index contributed by atoms with van der Waals surface area (Å²) in [5, 5.41) is 9.33. The van der Waals surface area contributed by atoms with Crippen LogP contribution in [0.1, 0.15) is 44.1 Å². The van der Waals surface area contributed by atoms with Crippen molar-refractivity contribution >= 4 is 34.3 Å². The molecule has 1 aromatic heterocycles. The van der Waals surface area contributed by atoms with E-state index in [1.807, 2.05) is 38.4 Å². The first kappa shape index (κ1) is 22.4. The summed E-state index contributed by atoms with van der Waals surface area (Å²) < 4.78 is 0. The van der Waals surface area contributed by atoms with Gasteiger partial charge in [0.25, 0.3) is 0 Å². The Bertz CT molecular complexity index is 1090. The highest BCUT2D eigenvalue weighted by atomic mass is 35.5. The van der Waals surface area contributed by atoms with Crippen molar-refractivity contribution in [2.45, 2.75) is 50.0 Å². The van der Waals surface area contributed by atoms with Crippen molar-refractivity contribution in [1.82, 2.24) is 15.3 Å². The fourth-order valence-electron chi connectivity index (χ4n) is 5.20. The molecule has 2 aromatic carbocycles. The Kier molecular flexibility index (Phi) is 6.44. The molecule has 5 rings (SSSR count). The van der Waals surface area contributed by atoms with Crippen molar-refractivity contribution in [1.29, 1.82) is 0 Å². The maximum atomic E-state index is 6.07. The molecule has 5 nitrogen and oxygen atoms in total. The summed E-state index contributed by atoms with van der Waals surface area (Å²) in [7, 11) is 4.07. The minimum Gasteiger partial charge on any atom is -0.362 e. The molecule has 0 spiro atoms. The average molecular weight is 464 g/mol. The summed E-state index contributed by atoms with van der Waals surface area (Å²) in [4.78, 5) is 11.7. The molecule has 174 valence electrons. The predicted octanol–water partition coefficient (Wildman–Crippen LogP) is 5.64. The Morgan fingerprint density at radius 2 is 1.70 bits per heavy atom. The van der Waals surface area contributed by atoms with Gasteiger partial charge in [-0.1, -0.05) is 35.9 Å². The topological polar surface area (TPSA) is 53.1 Å². The van der Waals surface area contributed by atoms with E-state index in [4.69, 9.17) is 21.6 Å². The lowest BCUT2D eigenvalue weighted by Gasteiger charge is -2.30. The van der Waals surface area contributed by atoms with Gasteiger partial charge < -0.3 is 15.5 Å². The zero-order valence-electron chi connectivity index (χ0n) is 19.6. The van der Waals surface area contributed by atoms with Crippen molar-refractivity contribution in [3.05, 3.63) is 59.1 Å². The van der Waals surface area contributed by atoms with Gasteiger partial charge in [-0.05, 0) is 80.8 Å². The van der Waals surface area contributed by atoms with Gasteiger partial charge in [0, 0.05) is 42.5 Å². The van der Waals surface area contributed by atoms with Crippen molar-refractivity contribution in [2.75, 3.05) is 37.4 Å². The fourth-order valence-corrected chi connectivity index (χ4v) is 5.32. The first-order chi connectivity index (χ1) is 16.0. The average Bonchev–Trinajstić information content (AvgIpc) is 3.61. The molecule has 0 amide bonds. The maximum absolute atomic E-state index is 6.07. The molecule has 2 fully saturated rings. The SMILES string of the molecule is CN(C)c1nc(NC2CCC(CNCC3(c4ccc(Cl)cc4)CC3)CC2)nc2ccccc12. The molecule has 0 aliphatic heterocycles. The zero-order valence-corrected chi connectivity index (χ0v) is 20.4. The van der Waals surface area contributed by atoms with E-state index in [-0.39, 0.29) is 0 Å². The number of anilines is 2. The molecule has 6 heteroatoms. The van der Waals surface area contributed by atoms with Gasteiger partial charge in [0.15, 0.2) is 0 Å². The van der Waals surface area contributed by atoms with E-state index < -0.39 is 0 Å². The molecule has 0 unspecified atom stereocenters. The highest BCUT2D eigenvalue weighted by Gasteiger charge is 2.43. The molecule has 2 aliphatic rings. The van der Waals surface area contributed by atoms with Gasteiger partial charge in [-0.3, -0.25) is 0 Å². The van der Waals surface area contributed by atoms with E-state index in [1.165, 1.54) is 44.1 Å². The van der Waals surface area contributed by atoms with E-state index in [2.05, 4.69) is 39.8 Å². The smallest absolute Gasteiger partial charge is 0.225 e. The molecule has 1 heterocycles. The van der Waals surface area contributed by atoms with Gasteiger partial charge in [0.05, 0.1) is 5.52 Å². The molecule has 0 bridgehead atoms. The number of rotatable bonds is 8. The van der Waals surface area contributed by atoms with Crippen LogP contribution in [0.2, 0.25) is 5.02 Å². The van der Waals surface area contributed by atoms with Gasteiger partial charge in [0.2, 0.25) is 5.95 Å². The molecular weight excluding hydrogens is 430 g/mol. The van der Waals surface area contributed by atoms with Crippen molar-refractivity contribution in [3.63, 3.8) is 0 Å². The first-order valence-corrected chi connectivity index (χ1v) is 12.6. The van der Waals surface area contributed by atoms with Crippen LogP contribution in [-0.4, -0.2) is 43.2 Å². The third-order valence-corrected chi connectivity index (χ3v) is 7.65. The summed E-state index contributed by atoms with van der Waals surface area (Å²) in [6.45, 7) is 2.18. The molecular formula is C27H34ClN5. The number of halogens is 1. The van der Waals surface area contributed by atoms with Crippen molar-refractivity contribution < 1.29 is 0 Å². The van der Waals surface area contributed by atoms with Crippen LogP contribution in [0.4, 0.5) is 11.8 Å². The van der Waals surface area contributed by atoms with Crippen LogP contribution >= 0.6 is 11.6 Å². The minimum atomic E-state index is 0.334. The van der Waals surface area contributed by atoms with Crippen LogP contribution in [0.15, 0.2) is 48.5 Å². The summed E-state index contributed by atoms with van der Waals surface area (Å²) in [5.74, 6) is 2.47. The molecule has 2 aliphatic carbocycles. The Morgan fingerprint density at radius 1 is 0.970 bits per heavy atom. The minimum absolute atomic E-state index is 0.334. The van der Waals surface area contributed by atoms with E-state index >= 15 is 0 Å².